The highest BCUT2D eigenvalue weighted by atomic mass is 19.1. The van der Waals surface area contributed by atoms with Crippen LogP contribution in [0.15, 0.2) is 48.0 Å². The molecule has 2 aromatic rings. The molecule has 0 bridgehead atoms. The minimum atomic E-state index is -0.846. The van der Waals surface area contributed by atoms with Crippen molar-refractivity contribution >= 4 is 17.4 Å². The Kier molecular flexibility index (Phi) is 5.46. The lowest BCUT2D eigenvalue weighted by Gasteiger charge is -2.25. The number of carbonyl (C=O) groups excluding carboxylic acids is 2. The Hall–Kier alpha value is -3.19. The summed E-state index contributed by atoms with van der Waals surface area (Å²) in [5.41, 5.74) is 1.01. The topological polar surface area (TPSA) is 87.1 Å². The van der Waals surface area contributed by atoms with Gasteiger partial charge in [0.25, 0.3) is 11.7 Å². The highest BCUT2D eigenvalue weighted by molar-refractivity contribution is 6.46. The zero-order chi connectivity index (χ0) is 20.4. The van der Waals surface area contributed by atoms with Crippen molar-refractivity contribution in [3.8, 4) is 5.75 Å². The fourth-order valence-corrected chi connectivity index (χ4v) is 3.25. The number of ether oxygens (including phenoxy) is 1. The van der Waals surface area contributed by atoms with E-state index in [9.17, 15) is 24.2 Å². The number of carbonyl (C=O) groups is 2. The quantitative estimate of drug-likeness (QED) is 0.470. The van der Waals surface area contributed by atoms with Gasteiger partial charge >= 0.3 is 0 Å². The van der Waals surface area contributed by atoms with Crippen LogP contribution in [-0.2, 0) is 14.3 Å². The van der Waals surface area contributed by atoms with Crippen LogP contribution >= 0.6 is 0 Å². The number of likely N-dealkylation sites (tertiary alicyclic amines) is 1. The molecule has 6 nitrogen and oxygen atoms in total. The van der Waals surface area contributed by atoms with E-state index in [1.807, 2.05) is 0 Å². The van der Waals surface area contributed by atoms with E-state index in [0.717, 1.165) is 0 Å². The molecule has 0 aromatic heterocycles. The number of hydrogen-bond acceptors (Lipinski definition) is 5. The summed E-state index contributed by atoms with van der Waals surface area (Å²) in [6.45, 7) is 1.89. The van der Waals surface area contributed by atoms with Gasteiger partial charge in [-0.25, -0.2) is 4.39 Å². The average molecular weight is 385 g/mol. The second-order valence-corrected chi connectivity index (χ2v) is 6.54. The predicted octanol–water partition coefficient (Wildman–Crippen LogP) is 2.91. The van der Waals surface area contributed by atoms with Crippen LogP contribution in [0.5, 0.6) is 5.75 Å². The Morgan fingerprint density at radius 2 is 1.86 bits per heavy atom. The Labute approximate surface area is 161 Å². The van der Waals surface area contributed by atoms with Gasteiger partial charge in [-0.3, -0.25) is 9.59 Å². The summed E-state index contributed by atoms with van der Waals surface area (Å²) < 4.78 is 18.6. The number of benzene rings is 2. The molecule has 146 valence electrons. The molecule has 28 heavy (non-hydrogen) atoms. The molecule has 1 aliphatic rings. The first-order valence-electron chi connectivity index (χ1n) is 8.68. The first kappa shape index (κ1) is 19.6. The van der Waals surface area contributed by atoms with Crippen molar-refractivity contribution in [3.63, 3.8) is 0 Å². The van der Waals surface area contributed by atoms with Gasteiger partial charge in [-0.1, -0.05) is 12.1 Å². The van der Waals surface area contributed by atoms with Gasteiger partial charge in [0.1, 0.15) is 17.3 Å². The van der Waals surface area contributed by atoms with Crippen LogP contribution in [-0.4, -0.2) is 47.1 Å². The number of aromatic hydroxyl groups is 1. The molecular weight excluding hydrogens is 365 g/mol. The van der Waals surface area contributed by atoms with Gasteiger partial charge in [0.05, 0.1) is 18.2 Å². The lowest BCUT2D eigenvalue weighted by Crippen LogP contribution is -2.32. The summed E-state index contributed by atoms with van der Waals surface area (Å²) in [4.78, 5) is 26.6. The molecule has 0 spiro atoms. The fraction of sp³-hybridized carbons (Fsp3) is 0.238. The molecule has 1 atom stereocenters. The Morgan fingerprint density at radius 1 is 1.18 bits per heavy atom. The number of amides is 1. The Bertz CT molecular complexity index is 952. The smallest absolute Gasteiger partial charge is 0.295 e. The zero-order valence-corrected chi connectivity index (χ0v) is 15.5. The largest absolute Gasteiger partial charge is 0.508 e. The zero-order valence-electron chi connectivity index (χ0n) is 15.5. The number of aryl methyl sites for hydroxylation is 1. The molecule has 1 fully saturated rings. The number of halogens is 1. The number of methoxy groups -OCH3 is 1. The van der Waals surface area contributed by atoms with Crippen molar-refractivity contribution in [1.29, 1.82) is 0 Å². The number of phenolic OH excluding ortho intramolecular Hbond substituents is 1. The maximum atomic E-state index is 13.6. The molecule has 3 rings (SSSR count). The third kappa shape index (κ3) is 3.48. The van der Waals surface area contributed by atoms with Crippen LogP contribution in [0.4, 0.5) is 4.39 Å². The molecule has 1 saturated heterocycles. The summed E-state index contributed by atoms with van der Waals surface area (Å²) >= 11 is 0. The normalized spacial score (nSPS) is 18.7. The van der Waals surface area contributed by atoms with E-state index in [1.165, 1.54) is 42.3 Å². The number of aliphatic hydroxyl groups excluding tert-OH is 1. The molecule has 1 aliphatic heterocycles. The number of rotatable bonds is 5. The Balaban J connectivity index is 2.17. The maximum Gasteiger partial charge on any atom is 0.295 e. The number of aliphatic hydroxyl groups is 1. The second-order valence-electron chi connectivity index (χ2n) is 6.54. The highest BCUT2D eigenvalue weighted by Gasteiger charge is 2.45. The second kappa shape index (κ2) is 7.82. The standard InChI is InChI=1S/C21H20FNO5/c1-12-11-14(5-8-16(12)22)19(25)17-18(13-3-6-15(24)7-4-13)23(9-10-28-2)21(27)20(17)26/h3-8,11,18,24-25H,9-10H2,1-2H3/b19-17-. The molecule has 1 heterocycles. The van der Waals surface area contributed by atoms with E-state index in [2.05, 4.69) is 0 Å². The number of nitrogens with zero attached hydrogens (tertiary/aromatic N) is 1. The molecule has 7 heteroatoms. The van der Waals surface area contributed by atoms with Crippen molar-refractivity contribution in [1.82, 2.24) is 4.90 Å². The lowest BCUT2D eigenvalue weighted by molar-refractivity contribution is -0.140. The first-order chi connectivity index (χ1) is 13.3. The van der Waals surface area contributed by atoms with Crippen molar-refractivity contribution < 1.29 is 28.9 Å². The average Bonchev–Trinajstić information content (AvgIpc) is 2.93. The fourth-order valence-electron chi connectivity index (χ4n) is 3.25. The van der Waals surface area contributed by atoms with E-state index < -0.39 is 23.5 Å². The minimum Gasteiger partial charge on any atom is -0.508 e. The van der Waals surface area contributed by atoms with Crippen molar-refractivity contribution in [2.75, 3.05) is 20.3 Å². The van der Waals surface area contributed by atoms with Gasteiger partial charge in [-0.15, -0.1) is 0 Å². The maximum absolute atomic E-state index is 13.6. The number of phenols is 1. The minimum absolute atomic E-state index is 0.0340. The number of Topliss-reactive ketones (excluding diaryl/α,β-unsaturated/α-hetero) is 1. The van der Waals surface area contributed by atoms with Crippen molar-refractivity contribution in [3.05, 3.63) is 70.5 Å². The van der Waals surface area contributed by atoms with Crippen LogP contribution in [0.25, 0.3) is 5.76 Å². The lowest BCUT2D eigenvalue weighted by atomic mass is 9.95. The van der Waals surface area contributed by atoms with E-state index in [4.69, 9.17) is 4.74 Å². The van der Waals surface area contributed by atoms with E-state index in [0.29, 0.717) is 11.1 Å². The number of hydrogen-bond donors (Lipinski definition) is 2. The van der Waals surface area contributed by atoms with Crippen molar-refractivity contribution in [2.24, 2.45) is 0 Å². The van der Waals surface area contributed by atoms with Crippen LogP contribution < -0.4 is 0 Å². The van der Waals surface area contributed by atoms with Gasteiger partial charge in [0.15, 0.2) is 0 Å². The molecule has 1 amide bonds. The molecule has 1 unspecified atom stereocenters. The van der Waals surface area contributed by atoms with Crippen LogP contribution in [0, 0.1) is 12.7 Å². The van der Waals surface area contributed by atoms with Crippen LogP contribution in [0.3, 0.4) is 0 Å². The van der Waals surface area contributed by atoms with E-state index >= 15 is 0 Å². The van der Waals surface area contributed by atoms with Crippen LogP contribution in [0.1, 0.15) is 22.7 Å². The molecule has 2 aromatic carbocycles. The van der Waals surface area contributed by atoms with Crippen LogP contribution in [0.2, 0.25) is 0 Å². The van der Waals surface area contributed by atoms with Crippen molar-refractivity contribution in [2.45, 2.75) is 13.0 Å². The van der Waals surface area contributed by atoms with Gasteiger partial charge in [-0.2, -0.15) is 0 Å². The third-order valence-corrected chi connectivity index (χ3v) is 4.72. The van der Waals surface area contributed by atoms with Gasteiger partial charge in [0, 0.05) is 19.2 Å². The Morgan fingerprint density at radius 3 is 2.46 bits per heavy atom. The molecule has 0 saturated carbocycles. The number of ketones is 1. The van der Waals surface area contributed by atoms with Gasteiger partial charge in [0.2, 0.25) is 0 Å². The highest BCUT2D eigenvalue weighted by Crippen LogP contribution is 2.39. The SMILES string of the molecule is COCCN1C(=O)C(=O)/C(=C(\O)c2ccc(F)c(C)c2)C1c1ccc(O)cc1. The third-order valence-electron chi connectivity index (χ3n) is 4.72. The predicted molar refractivity (Wildman–Crippen MR) is 100 cm³/mol. The summed E-state index contributed by atoms with van der Waals surface area (Å²) in [7, 11) is 1.48. The van der Waals surface area contributed by atoms with Gasteiger partial charge in [-0.05, 0) is 48.4 Å². The first-order valence-corrected chi connectivity index (χ1v) is 8.68. The summed E-state index contributed by atoms with van der Waals surface area (Å²) in [6.07, 6.45) is 0. The summed E-state index contributed by atoms with van der Waals surface area (Å²) in [5.74, 6) is -2.36. The molecule has 0 radical (unpaired) electrons. The van der Waals surface area contributed by atoms with E-state index in [-0.39, 0.29) is 35.8 Å². The molecular formula is C21H20FNO5. The molecule has 0 aliphatic carbocycles. The summed E-state index contributed by atoms with van der Waals surface area (Å²) in [6, 6.07) is 9.16. The van der Waals surface area contributed by atoms with E-state index in [1.54, 1.807) is 19.1 Å². The monoisotopic (exact) mass is 385 g/mol. The van der Waals surface area contributed by atoms with Gasteiger partial charge < -0.3 is 19.8 Å². The molecule has 2 N–H and O–H groups in total. The summed E-state index contributed by atoms with van der Waals surface area (Å²) in [5, 5.41) is 20.4.